The number of aliphatic hydroxyl groups excluding tert-OH is 1. The third-order valence-electron chi connectivity index (χ3n) is 3.53. The summed E-state index contributed by atoms with van der Waals surface area (Å²) in [6.45, 7) is 7.14. The van der Waals surface area contributed by atoms with E-state index in [9.17, 15) is 8.42 Å². The minimum atomic E-state index is -3.19. The van der Waals surface area contributed by atoms with E-state index in [1.165, 1.54) is 0 Å². The molecule has 0 aromatic rings. The molecule has 1 saturated carbocycles. The van der Waals surface area contributed by atoms with Crippen LogP contribution in [0.1, 0.15) is 52.9 Å². The molecule has 0 heterocycles. The van der Waals surface area contributed by atoms with Crippen LogP contribution < -0.4 is 0 Å². The molecule has 1 aliphatic rings. The molecule has 0 saturated heterocycles. The Morgan fingerprint density at radius 1 is 1.21 bits per heavy atom. The molecular weight excluding hydrogens is 262 g/mol. The second kappa shape index (κ2) is 7.04. The first kappa shape index (κ1) is 16.9. The van der Waals surface area contributed by atoms with Crippen LogP contribution in [-0.4, -0.2) is 43.3 Å². The van der Waals surface area contributed by atoms with Crippen LogP contribution in [-0.2, 0) is 10.0 Å². The fourth-order valence-electron chi connectivity index (χ4n) is 2.67. The van der Waals surface area contributed by atoms with Gasteiger partial charge in [-0.2, -0.15) is 0 Å². The average Bonchev–Trinajstić information content (AvgIpc) is 2.74. The lowest BCUT2D eigenvalue weighted by Crippen LogP contribution is -2.41. The first-order valence-corrected chi connectivity index (χ1v) is 8.94. The third kappa shape index (κ3) is 6.23. The highest BCUT2D eigenvalue weighted by molar-refractivity contribution is 7.89. The third-order valence-corrected chi connectivity index (χ3v) is 5.52. The van der Waals surface area contributed by atoms with E-state index in [1.54, 1.807) is 4.31 Å². The Hall–Kier alpha value is -0.130. The maximum atomic E-state index is 12.5. The Balaban J connectivity index is 2.69. The van der Waals surface area contributed by atoms with Crippen LogP contribution in [0.25, 0.3) is 0 Å². The molecule has 0 amide bonds. The van der Waals surface area contributed by atoms with Crippen LogP contribution in [0.3, 0.4) is 0 Å². The van der Waals surface area contributed by atoms with Crippen molar-refractivity contribution in [1.29, 1.82) is 0 Å². The SMILES string of the molecule is CC(C)(C)CN(CCCO)S(=O)(=O)CC1CCCC1. The molecule has 0 aromatic heterocycles. The van der Waals surface area contributed by atoms with Crippen molar-refractivity contribution in [3.63, 3.8) is 0 Å². The molecule has 0 spiro atoms. The molecule has 0 bridgehead atoms. The van der Waals surface area contributed by atoms with Crippen molar-refractivity contribution in [1.82, 2.24) is 4.31 Å². The minimum absolute atomic E-state index is 0.0413. The molecule has 1 N–H and O–H groups in total. The molecule has 0 aromatic carbocycles. The summed E-state index contributed by atoms with van der Waals surface area (Å²) in [5.74, 6) is 0.621. The quantitative estimate of drug-likeness (QED) is 0.782. The van der Waals surface area contributed by atoms with Crippen molar-refractivity contribution in [2.24, 2.45) is 11.3 Å². The molecular formula is C14H29NO3S. The highest BCUT2D eigenvalue weighted by Gasteiger charge is 2.30. The summed E-state index contributed by atoms with van der Waals surface area (Å²) in [6.07, 6.45) is 4.93. The normalized spacial score (nSPS) is 18.4. The maximum Gasteiger partial charge on any atom is 0.214 e. The van der Waals surface area contributed by atoms with E-state index in [-0.39, 0.29) is 17.8 Å². The van der Waals surface area contributed by atoms with E-state index in [0.717, 1.165) is 25.7 Å². The monoisotopic (exact) mass is 291 g/mol. The Bertz CT molecular complexity index is 353. The van der Waals surface area contributed by atoms with Gasteiger partial charge in [0.15, 0.2) is 0 Å². The summed E-state index contributed by atoms with van der Waals surface area (Å²) in [5.41, 5.74) is -0.0573. The van der Waals surface area contributed by atoms with E-state index >= 15 is 0 Å². The summed E-state index contributed by atoms with van der Waals surface area (Å²) in [7, 11) is -3.19. The van der Waals surface area contributed by atoms with E-state index in [2.05, 4.69) is 0 Å². The van der Waals surface area contributed by atoms with Gasteiger partial charge in [0.2, 0.25) is 10.0 Å². The standard InChI is InChI=1S/C14H29NO3S/c1-14(2,3)12-15(9-6-10-16)19(17,18)11-13-7-4-5-8-13/h13,16H,4-12H2,1-3H3. The van der Waals surface area contributed by atoms with Crippen molar-refractivity contribution in [2.75, 3.05) is 25.4 Å². The summed E-state index contributed by atoms with van der Waals surface area (Å²) >= 11 is 0. The van der Waals surface area contributed by atoms with Gasteiger partial charge in [0.05, 0.1) is 5.75 Å². The van der Waals surface area contributed by atoms with E-state index in [0.29, 0.717) is 25.4 Å². The lowest BCUT2D eigenvalue weighted by atomic mass is 9.97. The van der Waals surface area contributed by atoms with Gasteiger partial charge in [-0.05, 0) is 30.6 Å². The molecule has 1 fully saturated rings. The van der Waals surface area contributed by atoms with Crippen LogP contribution >= 0.6 is 0 Å². The fourth-order valence-corrected chi connectivity index (χ4v) is 4.80. The van der Waals surface area contributed by atoms with Crippen LogP contribution in [0.15, 0.2) is 0 Å². The van der Waals surface area contributed by atoms with E-state index in [1.807, 2.05) is 20.8 Å². The zero-order chi connectivity index (χ0) is 14.5. The number of aliphatic hydroxyl groups is 1. The lowest BCUT2D eigenvalue weighted by Gasteiger charge is -2.30. The highest BCUT2D eigenvalue weighted by atomic mass is 32.2. The van der Waals surface area contributed by atoms with Crippen LogP contribution in [0.5, 0.6) is 0 Å². The Morgan fingerprint density at radius 2 is 1.79 bits per heavy atom. The largest absolute Gasteiger partial charge is 0.396 e. The van der Waals surface area contributed by atoms with Crippen molar-refractivity contribution in [3.8, 4) is 0 Å². The summed E-state index contributed by atoms with van der Waals surface area (Å²) in [6, 6.07) is 0. The number of sulfonamides is 1. The topological polar surface area (TPSA) is 57.6 Å². The number of hydrogen-bond donors (Lipinski definition) is 1. The lowest BCUT2D eigenvalue weighted by molar-refractivity contribution is 0.240. The number of hydrogen-bond acceptors (Lipinski definition) is 3. The minimum Gasteiger partial charge on any atom is -0.396 e. The molecule has 19 heavy (non-hydrogen) atoms. The predicted octanol–water partition coefficient (Wildman–Crippen LogP) is 2.24. The maximum absolute atomic E-state index is 12.5. The fraction of sp³-hybridized carbons (Fsp3) is 1.00. The van der Waals surface area contributed by atoms with Gasteiger partial charge < -0.3 is 5.11 Å². The van der Waals surface area contributed by atoms with Crippen LogP contribution in [0, 0.1) is 11.3 Å². The molecule has 114 valence electrons. The molecule has 0 unspecified atom stereocenters. The van der Waals surface area contributed by atoms with Crippen LogP contribution in [0.2, 0.25) is 0 Å². The molecule has 5 heteroatoms. The van der Waals surface area contributed by atoms with Gasteiger partial charge in [-0.1, -0.05) is 33.6 Å². The molecule has 1 aliphatic carbocycles. The van der Waals surface area contributed by atoms with Crippen LogP contribution in [0.4, 0.5) is 0 Å². The van der Waals surface area contributed by atoms with Crippen molar-refractivity contribution < 1.29 is 13.5 Å². The number of rotatable bonds is 7. The molecule has 4 nitrogen and oxygen atoms in total. The van der Waals surface area contributed by atoms with Crippen molar-refractivity contribution in [3.05, 3.63) is 0 Å². The van der Waals surface area contributed by atoms with Crippen molar-refractivity contribution in [2.45, 2.75) is 52.9 Å². The first-order chi connectivity index (χ1) is 8.74. The summed E-state index contributed by atoms with van der Waals surface area (Å²) < 4.78 is 26.6. The highest BCUT2D eigenvalue weighted by Crippen LogP contribution is 2.28. The van der Waals surface area contributed by atoms with Gasteiger partial charge in [0, 0.05) is 19.7 Å². The van der Waals surface area contributed by atoms with Gasteiger partial charge in [-0.25, -0.2) is 12.7 Å². The van der Waals surface area contributed by atoms with Gasteiger partial charge in [-0.15, -0.1) is 0 Å². The predicted molar refractivity (Wildman–Crippen MR) is 78.5 cm³/mol. The zero-order valence-electron chi connectivity index (χ0n) is 12.6. The molecule has 1 rings (SSSR count). The van der Waals surface area contributed by atoms with Crippen molar-refractivity contribution >= 4 is 10.0 Å². The Kier molecular flexibility index (Phi) is 6.27. The van der Waals surface area contributed by atoms with E-state index in [4.69, 9.17) is 5.11 Å². The smallest absolute Gasteiger partial charge is 0.214 e. The zero-order valence-corrected chi connectivity index (χ0v) is 13.4. The Morgan fingerprint density at radius 3 is 2.26 bits per heavy atom. The second-order valence-corrected chi connectivity index (χ2v) is 8.91. The van der Waals surface area contributed by atoms with Gasteiger partial charge in [0.1, 0.15) is 0 Å². The molecule has 0 atom stereocenters. The van der Waals surface area contributed by atoms with Gasteiger partial charge in [0.25, 0.3) is 0 Å². The van der Waals surface area contributed by atoms with Gasteiger partial charge >= 0.3 is 0 Å². The Labute approximate surface area is 118 Å². The summed E-state index contributed by atoms with van der Waals surface area (Å²) in [5, 5.41) is 8.94. The number of nitrogens with zero attached hydrogens (tertiary/aromatic N) is 1. The molecule has 0 radical (unpaired) electrons. The summed E-state index contributed by atoms with van der Waals surface area (Å²) in [4.78, 5) is 0. The average molecular weight is 291 g/mol. The first-order valence-electron chi connectivity index (χ1n) is 7.33. The van der Waals surface area contributed by atoms with E-state index < -0.39 is 10.0 Å². The van der Waals surface area contributed by atoms with Gasteiger partial charge in [-0.3, -0.25) is 0 Å². The second-order valence-electron chi connectivity index (χ2n) is 6.90. The molecule has 0 aliphatic heterocycles.